The summed E-state index contributed by atoms with van der Waals surface area (Å²) < 4.78 is 42.6. The number of carbonyl (C=O) groups is 1. The lowest BCUT2D eigenvalue weighted by Gasteiger charge is -2.40. The van der Waals surface area contributed by atoms with Gasteiger partial charge in [-0.3, -0.25) is 4.79 Å². The molecule has 6 rings (SSSR count). The number of benzene rings is 1. The van der Waals surface area contributed by atoms with Crippen LogP contribution >= 0.6 is 0 Å². The highest BCUT2D eigenvalue weighted by molar-refractivity contribution is 5.96. The molecule has 196 valence electrons. The summed E-state index contributed by atoms with van der Waals surface area (Å²) in [5.41, 5.74) is -0.203. The van der Waals surface area contributed by atoms with Crippen molar-refractivity contribution in [3.05, 3.63) is 53.2 Å². The summed E-state index contributed by atoms with van der Waals surface area (Å²) in [6.07, 6.45) is -3.39. The van der Waals surface area contributed by atoms with Gasteiger partial charge >= 0.3 is 6.18 Å². The summed E-state index contributed by atoms with van der Waals surface area (Å²) in [6.45, 7) is 2.15. The molecule has 3 aliphatic rings. The van der Waals surface area contributed by atoms with Crippen molar-refractivity contribution >= 4 is 23.2 Å². The largest absolute Gasteiger partial charge is 0.417 e. The fraction of sp³-hybridized carbons (Fsp3) is 0.480. The van der Waals surface area contributed by atoms with Gasteiger partial charge in [0.2, 0.25) is 0 Å². The van der Waals surface area contributed by atoms with Gasteiger partial charge in [0.25, 0.3) is 5.91 Å². The predicted octanol–water partition coefficient (Wildman–Crippen LogP) is 2.48. The molecule has 2 N–H and O–H groups in total. The number of hydrogen-bond acceptors (Lipinski definition) is 7. The fourth-order valence-corrected chi connectivity index (χ4v) is 5.35. The molecule has 0 spiro atoms. The van der Waals surface area contributed by atoms with Crippen molar-refractivity contribution in [2.45, 2.75) is 43.7 Å². The van der Waals surface area contributed by atoms with Gasteiger partial charge in [-0.1, -0.05) is 12.1 Å². The highest BCUT2D eigenvalue weighted by Gasteiger charge is 2.39. The third kappa shape index (κ3) is 4.27. The Labute approximate surface area is 210 Å². The molecule has 0 bridgehead atoms. The van der Waals surface area contributed by atoms with Crippen LogP contribution in [0.3, 0.4) is 0 Å². The lowest BCUT2D eigenvalue weighted by atomic mass is 9.97. The van der Waals surface area contributed by atoms with Crippen LogP contribution in [0.4, 0.5) is 24.8 Å². The van der Waals surface area contributed by atoms with E-state index < -0.39 is 35.9 Å². The molecule has 3 fully saturated rings. The van der Waals surface area contributed by atoms with Crippen molar-refractivity contribution in [2.75, 3.05) is 42.5 Å². The summed E-state index contributed by atoms with van der Waals surface area (Å²) in [6, 6.07) is 8.04. The summed E-state index contributed by atoms with van der Waals surface area (Å²) in [5.74, 6) is 0.745. The molecule has 37 heavy (non-hydrogen) atoms. The lowest BCUT2D eigenvalue weighted by molar-refractivity contribution is -0.138. The van der Waals surface area contributed by atoms with E-state index in [1.165, 1.54) is 23.1 Å². The van der Waals surface area contributed by atoms with E-state index in [0.29, 0.717) is 62.7 Å². The summed E-state index contributed by atoms with van der Waals surface area (Å²) >= 11 is 0. The van der Waals surface area contributed by atoms with Crippen molar-refractivity contribution in [2.24, 2.45) is 0 Å². The number of hydrogen-bond donors (Lipinski definition) is 2. The Balaban J connectivity index is 1.38. The van der Waals surface area contributed by atoms with Crippen LogP contribution in [0, 0.1) is 0 Å². The minimum Gasteiger partial charge on any atom is -0.389 e. The van der Waals surface area contributed by atoms with Crippen LogP contribution in [0.25, 0.3) is 5.65 Å². The Bertz CT molecular complexity index is 1330. The molecule has 12 heteroatoms. The monoisotopic (exact) mass is 516 g/mol. The first-order valence-electron chi connectivity index (χ1n) is 12.4. The van der Waals surface area contributed by atoms with E-state index >= 15 is 0 Å². The van der Waals surface area contributed by atoms with E-state index in [1.807, 2.05) is 15.9 Å². The van der Waals surface area contributed by atoms with Gasteiger partial charge in [-0.2, -0.15) is 22.8 Å². The van der Waals surface area contributed by atoms with Crippen molar-refractivity contribution in [3.8, 4) is 0 Å². The van der Waals surface area contributed by atoms with Gasteiger partial charge in [0.15, 0.2) is 5.65 Å². The van der Waals surface area contributed by atoms with E-state index in [9.17, 15) is 28.2 Å². The first-order chi connectivity index (χ1) is 17.7. The molecule has 1 aromatic carbocycles. The number of piperidine rings is 1. The normalized spacial score (nSPS) is 21.3. The maximum Gasteiger partial charge on any atom is 0.417 e. The van der Waals surface area contributed by atoms with Gasteiger partial charge in [-0.15, -0.1) is 0 Å². The number of anilines is 2. The number of halogens is 3. The SMILES string of the molecule is O=C(c1ccccc1C(F)(F)F)N1CCCC[C@H]1c1cc2nc(N3CC(O)C3)cc(N3CC(O)C3)n2n1. The average Bonchev–Trinajstić information content (AvgIpc) is 3.27. The maximum absolute atomic E-state index is 13.6. The second-order valence-electron chi connectivity index (χ2n) is 9.98. The van der Waals surface area contributed by atoms with Crippen LogP contribution in [-0.4, -0.2) is 80.5 Å². The summed E-state index contributed by atoms with van der Waals surface area (Å²) in [7, 11) is 0. The van der Waals surface area contributed by atoms with Crippen molar-refractivity contribution in [3.63, 3.8) is 0 Å². The molecule has 0 saturated carbocycles. The van der Waals surface area contributed by atoms with Gasteiger partial charge in [-0.25, -0.2) is 4.98 Å². The third-order valence-electron chi connectivity index (χ3n) is 7.35. The van der Waals surface area contributed by atoms with Crippen molar-refractivity contribution in [1.82, 2.24) is 19.5 Å². The molecule has 3 saturated heterocycles. The number of aliphatic hydroxyl groups is 2. The van der Waals surface area contributed by atoms with Crippen LogP contribution in [0.5, 0.6) is 0 Å². The standard InChI is InChI=1S/C25H27F3N6O3/c26-25(27,28)18-6-2-1-5-17(18)24(37)33-8-4-3-7-20(33)19-9-22-29-21(31-11-15(35)12-31)10-23(34(22)30-19)32-13-16(36)14-32/h1-2,5-6,9-10,15-16,20,35-36H,3-4,7-8,11-14H2/t20-/m0/s1. The molecule has 1 atom stereocenters. The molecular weight excluding hydrogens is 489 g/mol. The van der Waals surface area contributed by atoms with Crippen LogP contribution < -0.4 is 9.80 Å². The van der Waals surface area contributed by atoms with Gasteiger partial charge in [0.05, 0.1) is 35.1 Å². The molecule has 5 heterocycles. The van der Waals surface area contributed by atoms with Gasteiger partial charge in [-0.05, 0) is 31.4 Å². The minimum absolute atomic E-state index is 0.332. The molecule has 0 radical (unpaired) electrons. The molecule has 3 aliphatic heterocycles. The number of carbonyl (C=O) groups excluding carboxylic acids is 1. The predicted molar refractivity (Wildman–Crippen MR) is 128 cm³/mol. The Kier molecular flexibility index (Phi) is 5.75. The highest BCUT2D eigenvalue weighted by atomic mass is 19.4. The summed E-state index contributed by atoms with van der Waals surface area (Å²) in [5, 5.41) is 24.4. The molecule has 0 aliphatic carbocycles. The second-order valence-corrected chi connectivity index (χ2v) is 9.98. The van der Waals surface area contributed by atoms with E-state index in [4.69, 9.17) is 10.1 Å². The Morgan fingerprint density at radius 3 is 2.38 bits per heavy atom. The first kappa shape index (κ1) is 24.0. The van der Waals surface area contributed by atoms with E-state index in [0.717, 1.165) is 18.3 Å². The first-order valence-corrected chi connectivity index (χ1v) is 12.4. The van der Waals surface area contributed by atoms with Gasteiger partial charge in [0, 0.05) is 44.9 Å². The zero-order chi connectivity index (χ0) is 25.9. The number of rotatable bonds is 4. The van der Waals surface area contributed by atoms with Crippen LogP contribution in [0.15, 0.2) is 36.4 Å². The van der Waals surface area contributed by atoms with Crippen LogP contribution in [-0.2, 0) is 6.18 Å². The zero-order valence-electron chi connectivity index (χ0n) is 20.0. The van der Waals surface area contributed by atoms with Gasteiger partial charge in [0.1, 0.15) is 11.6 Å². The van der Waals surface area contributed by atoms with Crippen molar-refractivity contribution in [1.29, 1.82) is 0 Å². The third-order valence-corrected chi connectivity index (χ3v) is 7.35. The smallest absolute Gasteiger partial charge is 0.389 e. The molecule has 2 aromatic heterocycles. The maximum atomic E-state index is 13.6. The number of aliphatic hydroxyl groups excluding tert-OH is 2. The number of amides is 1. The van der Waals surface area contributed by atoms with E-state index in [2.05, 4.69) is 0 Å². The number of fused-ring (bicyclic) bond motifs is 1. The number of likely N-dealkylation sites (tertiary alicyclic amines) is 1. The Hall–Kier alpha value is -3.38. The quantitative estimate of drug-likeness (QED) is 0.550. The zero-order valence-corrected chi connectivity index (χ0v) is 20.0. The van der Waals surface area contributed by atoms with Crippen LogP contribution in [0.1, 0.15) is 46.9 Å². The van der Waals surface area contributed by atoms with E-state index in [1.54, 1.807) is 10.6 Å². The highest BCUT2D eigenvalue weighted by Crippen LogP contribution is 2.37. The molecule has 0 unspecified atom stereocenters. The fourth-order valence-electron chi connectivity index (χ4n) is 5.35. The summed E-state index contributed by atoms with van der Waals surface area (Å²) in [4.78, 5) is 23.6. The lowest BCUT2D eigenvalue weighted by Crippen LogP contribution is -2.53. The minimum atomic E-state index is -4.64. The molecule has 9 nitrogen and oxygen atoms in total. The van der Waals surface area contributed by atoms with Crippen molar-refractivity contribution < 1.29 is 28.2 Å². The number of alkyl halides is 3. The molecule has 1 amide bonds. The van der Waals surface area contributed by atoms with Crippen LogP contribution in [0.2, 0.25) is 0 Å². The average molecular weight is 517 g/mol. The van der Waals surface area contributed by atoms with Gasteiger partial charge < -0.3 is 24.9 Å². The Morgan fingerprint density at radius 1 is 0.973 bits per heavy atom. The number of aromatic nitrogens is 3. The molecule has 3 aromatic rings. The molecular formula is C25H27F3N6O3. The number of β-amino-alcohol motifs (C(OH)–C–C–N with tert-alkyl or cyclic N) is 2. The Morgan fingerprint density at radius 2 is 1.68 bits per heavy atom. The topological polar surface area (TPSA) is 97.4 Å². The van der Waals surface area contributed by atoms with E-state index in [-0.39, 0.29) is 5.56 Å². The second kappa shape index (κ2) is 8.88. The number of nitrogens with zero attached hydrogens (tertiary/aromatic N) is 6.